The molecule has 7 nitrogen and oxygen atoms in total. The minimum Gasteiger partial charge on any atom is -0.490 e. The zero-order valence-electron chi connectivity index (χ0n) is 23.2. The van der Waals surface area contributed by atoms with Crippen LogP contribution in [0.5, 0.6) is 5.75 Å². The van der Waals surface area contributed by atoms with Gasteiger partial charge in [0.25, 0.3) is 0 Å². The number of thioether (sulfide) groups is 1. The van der Waals surface area contributed by atoms with Crippen molar-refractivity contribution in [3.63, 3.8) is 0 Å². The third-order valence-electron chi connectivity index (χ3n) is 7.90. The van der Waals surface area contributed by atoms with Gasteiger partial charge in [0.15, 0.2) is 21.4 Å². The molecule has 0 unspecified atom stereocenters. The smallest absolute Gasteiger partial charge is 0.410 e. The van der Waals surface area contributed by atoms with E-state index in [0.717, 1.165) is 18.6 Å². The van der Waals surface area contributed by atoms with Crippen LogP contribution in [-0.4, -0.2) is 68.4 Å². The maximum Gasteiger partial charge on any atom is 0.410 e. The summed E-state index contributed by atoms with van der Waals surface area (Å²) in [5.41, 5.74) is -0.837. The highest BCUT2D eigenvalue weighted by Gasteiger charge is 2.61. The quantitative estimate of drug-likeness (QED) is 0.375. The van der Waals surface area contributed by atoms with E-state index in [0.29, 0.717) is 30.3 Å². The predicted molar refractivity (Wildman–Crippen MR) is 153 cm³/mol. The molecule has 5 rings (SSSR count). The fraction of sp³-hybridized carbons (Fsp3) is 0.552. The van der Waals surface area contributed by atoms with E-state index < -0.39 is 43.8 Å². The number of ether oxygens (including phenoxy) is 3. The molecule has 0 spiro atoms. The molecule has 2 fully saturated rings. The minimum atomic E-state index is -4.25. The van der Waals surface area contributed by atoms with E-state index in [9.17, 15) is 17.6 Å². The van der Waals surface area contributed by atoms with Crippen LogP contribution in [0.15, 0.2) is 41.3 Å². The molecule has 0 aromatic heterocycles. The van der Waals surface area contributed by atoms with Crippen molar-refractivity contribution in [3.05, 3.63) is 58.6 Å². The average Bonchev–Trinajstić information content (AvgIpc) is 3.39. The molecule has 0 aliphatic carbocycles. The van der Waals surface area contributed by atoms with Gasteiger partial charge >= 0.3 is 6.09 Å². The Bertz CT molecular complexity index is 1400. The van der Waals surface area contributed by atoms with Crippen molar-refractivity contribution in [1.82, 2.24) is 4.90 Å². The van der Waals surface area contributed by atoms with Crippen LogP contribution < -0.4 is 4.74 Å². The number of benzene rings is 2. The summed E-state index contributed by atoms with van der Waals surface area (Å²) in [5, 5.41) is 0.560. The highest BCUT2D eigenvalue weighted by molar-refractivity contribution is 7.99. The topological polar surface area (TPSA) is 82.1 Å². The third-order valence-corrected chi connectivity index (χ3v) is 12.0. The number of carbonyl (C=O) groups excluding carboxylic acids is 1. The van der Waals surface area contributed by atoms with Crippen molar-refractivity contribution >= 4 is 39.3 Å². The molecule has 3 aliphatic heterocycles. The van der Waals surface area contributed by atoms with Crippen molar-refractivity contribution in [1.29, 1.82) is 0 Å². The van der Waals surface area contributed by atoms with Gasteiger partial charge in [0, 0.05) is 35.9 Å². The predicted octanol–water partition coefficient (Wildman–Crippen LogP) is 6.22. The highest BCUT2D eigenvalue weighted by Crippen LogP contribution is 2.56. The fourth-order valence-electron chi connectivity index (χ4n) is 6.04. The molecule has 12 heteroatoms. The van der Waals surface area contributed by atoms with Crippen LogP contribution in [-0.2, 0) is 24.1 Å². The van der Waals surface area contributed by atoms with Crippen molar-refractivity contribution in [3.8, 4) is 5.75 Å². The van der Waals surface area contributed by atoms with E-state index in [1.54, 1.807) is 16.7 Å². The Morgan fingerprint density at radius 1 is 1.17 bits per heavy atom. The number of hydrogen-bond donors (Lipinski definition) is 0. The molecule has 2 saturated heterocycles. The zero-order valence-corrected chi connectivity index (χ0v) is 25.6. The molecule has 41 heavy (non-hydrogen) atoms. The van der Waals surface area contributed by atoms with E-state index in [1.807, 2.05) is 20.8 Å². The first-order valence-electron chi connectivity index (χ1n) is 13.7. The Kier molecular flexibility index (Phi) is 8.55. The van der Waals surface area contributed by atoms with Gasteiger partial charge in [0.2, 0.25) is 0 Å². The first-order valence-corrected chi connectivity index (χ1v) is 16.6. The van der Waals surface area contributed by atoms with Crippen LogP contribution in [0.4, 0.5) is 13.6 Å². The van der Waals surface area contributed by atoms with Gasteiger partial charge in [-0.25, -0.2) is 22.0 Å². The van der Waals surface area contributed by atoms with Crippen LogP contribution in [0.2, 0.25) is 5.02 Å². The summed E-state index contributed by atoms with van der Waals surface area (Å²) in [7, 11) is -4.25. The standard InChI is InChI=1S/C29H34ClF2NO6S2/c1-28(2,3)39-27(34)33-13-10-19(16-33)40-15-11-24-21-17-38-26-23(32)9-8-22(31)25(26)29(21,12-14-37-24)41(35,36)20-6-4-18(30)5-7-20/h4-9,19,21,24H,10-17H2,1-3H3/t19-,21-,24-,29-/m0/s1. The Labute approximate surface area is 248 Å². The summed E-state index contributed by atoms with van der Waals surface area (Å²) in [5.74, 6) is -2.14. The van der Waals surface area contributed by atoms with Gasteiger partial charge in [0.05, 0.1) is 23.2 Å². The van der Waals surface area contributed by atoms with Crippen LogP contribution in [0.1, 0.15) is 45.6 Å². The number of hydrogen-bond acceptors (Lipinski definition) is 7. The highest BCUT2D eigenvalue weighted by atomic mass is 35.5. The van der Waals surface area contributed by atoms with Crippen LogP contribution in [0.3, 0.4) is 0 Å². The zero-order chi connectivity index (χ0) is 29.6. The number of fused-ring (bicyclic) bond motifs is 3. The average molecular weight is 630 g/mol. The Balaban J connectivity index is 1.38. The lowest BCUT2D eigenvalue weighted by Gasteiger charge is -2.50. The van der Waals surface area contributed by atoms with Crippen molar-refractivity contribution < 1.29 is 36.2 Å². The second-order valence-electron chi connectivity index (χ2n) is 11.7. The fourth-order valence-corrected chi connectivity index (χ4v) is 9.77. The summed E-state index contributed by atoms with van der Waals surface area (Å²) in [6.45, 7) is 6.58. The molecule has 0 N–H and O–H groups in total. The lowest BCUT2D eigenvalue weighted by atomic mass is 9.75. The number of nitrogens with zero attached hydrogens (tertiary/aromatic N) is 1. The monoisotopic (exact) mass is 629 g/mol. The molecule has 1 amide bonds. The number of halogens is 3. The van der Waals surface area contributed by atoms with Gasteiger partial charge in [0.1, 0.15) is 16.2 Å². The lowest BCUT2D eigenvalue weighted by Crippen LogP contribution is -2.57. The molecular weight excluding hydrogens is 596 g/mol. The SMILES string of the molecule is CC(C)(C)OC(=O)N1CC[C@H](SCC[C@@H]2OCC[C@@]3(S(=O)(=O)c4ccc(Cl)cc4)c4c(F)ccc(F)c4OC[C@@H]23)C1. The summed E-state index contributed by atoms with van der Waals surface area (Å²) in [4.78, 5) is 14.1. The summed E-state index contributed by atoms with van der Waals surface area (Å²) >= 11 is 7.71. The van der Waals surface area contributed by atoms with Crippen LogP contribution in [0.25, 0.3) is 0 Å². The second kappa shape index (κ2) is 11.5. The maximum absolute atomic E-state index is 15.5. The molecule has 2 aromatic rings. The Hall–Kier alpha value is -2.08. The van der Waals surface area contributed by atoms with Gasteiger partial charge in [-0.3, -0.25) is 0 Å². The van der Waals surface area contributed by atoms with Crippen molar-refractivity contribution in [2.45, 2.75) is 66.6 Å². The largest absolute Gasteiger partial charge is 0.490 e. The summed E-state index contributed by atoms with van der Waals surface area (Å²) in [6, 6.07) is 7.64. The van der Waals surface area contributed by atoms with E-state index in [2.05, 4.69) is 0 Å². The van der Waals surface area contributed by atoms with Crippen molar-refractivity contribution in [2.24, 2.45) is 5.92 Å². The minimum absolute atomic E-state index is 0.0216. The molecule has 224 valence electrons. The van der Waals surface area contributed by atoms with Crippen molar-refractivity contribution in [2.75, 3.05) is 32.1 Å². The van der Waals surface area contributed by atoms with Crippen LogP contribution in [0, 0.1) is 17.6 Å². The van der Waals surface area contributed by atoms with Gasteiger partial charge in [-0.1, -0.05) is 11.6 Å². The van der Waals surface area contributed by atoms with Gasteiger partial charge in [-0.15, -0.1) is 0 Å². The first kappa shape index (κ1) is 30.4. The molecule has 3 heterocycles. The number of amides is 1. The number of carbonyl (C=O) groups is 1. The number of rotatable bonds is 6. The Morgan fingerprint density at radius 2 is 1.88 bits per heavy atom. The third kappa shape index (κ3) is 5.79. The number of likely N-dealkylation sites (tertiary alicyclic amines) is 1. The molecular formula is C29H34ClF2NO6S2. The first-order chi connectivity index (χ1) is 19.3. The summed E-state index contributed by atoms with van der Waals surface area (Å²) < 4.78 is 74.8. The van der Waals surface area contributed by atoms with Crippen LogP contribution >= 0.6 is 23.4 Å². The molecule has 3 aliphatic rings. The normalized spacial score (nSPS) is 26.2. The maximum atomic E-state index is 15.5. The molecule has 0 saturated carbocycles. The van der Waals surface area contributed by atoms with Gasteiger partial charge < -0.3 is 19.1 Å². The molecule has 4 atom stereocenters. The van der Waals surface area contributed by atoms with E-state index >= 15 is 4.39 Å². The van der Waals surface area contributed by atoms with E-state index in [4.69, 9.17) is 25.8 Å². The lowest BCUT2D eigenvalue weighted by molar-refractivity contribution is -0.0731. The molecule has 0 bridgehead atoms. The Morgan fingerprint density at radius 3 is 2.59 bits per heavy atom. The van der Waals surface area contributed by atoms with Gasteiger partial charge in [-0.2, -0.15) is 11.8 Å². The number of sulfone groups is 1. The molecule has 2 aromatic carbocycles. The summed E-state index contributed by atoms with van der Waals surface area (Å²) in [6.07, 6.45) is 0.343. The second-order valence-corrected chi connectivity index (χ2v) is 15.7. The van der Waals surface area contributed by atoms with E-state index in [1.165, 1.54) is 24.3 Å². The van der Waals surface area contributed by atoms with E-state index in [-0.39, 0.29) is 47.2 Å². The van der Waals surface area contributed by atoms with Gasteiger partial charge in [-0.05, 0) is 82.2 Å². The molecule has 0 radical (unpaired) electrons.